The summed E-state index contributed by atoms with van der Waals surface area (Å²) in [5.41, 5.74) is -1.15. The highest BCUT2D eigenvalue weighted by atomic mass is 19.1. The number of aliphatic carboxylic acids is 1. The standard InChI is InChI=1S/C12H10F3NO5/c1-21-9(17)4-8(12(19)20)16-11(18)10-6(14)2-5(13)3-7(10)15/h2-3,8H,4H2,1H3,(H,16,18)(H,19,20)/t8-/m0/s1. The number of carboxylic acid groups (broad SMARTS) is 1. The minimum Gasteiger partial charge on any atom is -0.480 e. The molecular weight excluding hydrogens is 295 g/mol. The van der Waals surface area contributed by atoms with E-state index in [1.807, 2.05) is 0 Å². The summed E-state index contributed by atoms with van der Waals surface area (Å²) in [5, 5.41) is 10.6. The van der Waals surface area contributed by atoms with Gasteiger partial charge in [-0.15, -0.1) is 0 Å². The van der Waals surface area contributed by atoms with Gasteiger partial charge in [0, 0.05) is 12.1 Å². The number of ether oxygens (including phenoxy) is 1. The Balaban J connectivity index is 2.98. The largest absolute Gasteiger partial charge is 0.480 e. The van der Waals surface area contributed by atoms with E-state index in [-0.39, 0.29) is 12.1 Å². The summed E-state index contributed by atoms with van der Waals surface area (Å²) >= 11 is 0. The predicted octanol–water partition coefficient (Wildman–Crippen LogP) is 0.850. The molecule has 21 heavy (non-hydrogen) atoms. The number of hydrogen-bond acceptors (Lipinski definition) is 4. The van der Waals surface area contributed by atoms with Gasteiger partial charge in [0.1, 0.15) is 29.1 Å². The molecule has 0 saturated carbocycles. The average molecular weight is 305 g/mol. The number of halogens is 3. The molecule has 0 heterocycles. The van der Waals surface area contributed by atoms with Crippen LogP contribution in [-0.4, -0.2) is 36.1 Å². The van der Waals surface area contributed by atoms with Crippen LogP contribution in [0.25, 0.3) is 0 Å². The van der Waals surface area contributed by atoms with Crippen molar-refractivity contribution < 1.29 is 37.4 Å². The number of benzene rings is 1. The highest BCUT2D eigenvalue weighted by Gasteiger charge is 2.27. The minimum absolute atomic E-state index is 0.272. The van der Waals surface area contributed by atoms with Crippen molar-refractivity contribution in [2.45, 2.75) is 12.5 Å². The van der Waals surface area contributed by atoms with Crippen molar-refractivity contribution in [3.8, 4) is 0 Å². The number of methoxy groups -OCH3 is 1. The Morgan fingerprint density at radius 1 is 1.24 bits per heavy atom. The van der Waals surface area contributed by atoms with Gasteiger partial charge in [0.15, 0.2) is 0 Å². The lowest BCUT2D eigenvalue weighted by atomic mass is 10.1. The van der Waals surface area contributed by atoms with Crippen LogP contribution in [0.2, 0.25) is 0 Å². The zero-order valence-electron chi connectivity index (χ0n) is 10.7. The lowest BCUT2D eigenvalue weighted by Gasteiger charge is -2.14. The highest BCUT2D eigenvalue weighted by Crippen LogP contribution is 2.15. The maximum Gasteiger partial charge on any atom is 0.326 e. The van der Waals surface area contributed by atoms with Gasteiger partial charge in [0.25, 0.3) is 5.91 Å². The molecule has 0 aliphatic carbocycles. The third kappa shape index (κ3) is 4.20. The summed E-state index contributed by atoms with van der Waals surface area (Å²) in [7, 11) is 1.00. The van der Waals surface area contributed by atoms with Gasteiger partial charge < -0.3 is 15.2 Å². The number of hydrogen-bond donors (Lipinski definition) is 2. The SMILES string of the molecule is COC(=O)C[C@H](NC(=O)c1c(F)cc(F)cc1F)C(=O)O. The van der Waals surface area contributed by atoms with Gasteiger partial charge in [0.05, 0.1) is 13.5 Å². The quantitative estimate of drug-likeness (QED) is 0.787. The summed E-state index contributed by atoms with van der Waals surface area (Å²) in [5.74, 6) is -8.19. The van der Waals surface area contributed by atoms with Gasteiger partial charge >= 0.3 is 11.9 Å². The molecule has 0 aliphatic rings. The molecule has 2 N–H and O–H groups in total. The van der Waals surface area contributed by atoms with Crippen molar-refractivity contribution in [2.75, 3.05) is 7.11 Å². The fraction of sp³-hybridized carbons (Fsp3) is 0.250. The first-order valence-electron chi connectivity index (χ1n) is 5.51. The topological polar surface area (TPSA) is 92.7 Å². The Bertz CT molecular complexity index is 567. The smallest absolute Gasteiger partial charge is 0.326 e. The maximum atomic E-state index is 13.4. The minimum atomic E-state index is -1.74. The Morgan fingerprint density at radius 3 is 2.19 bits per heavy atom. The van der Waals surface area contributed by atoms with E-state index in [0.29, 0.717) is 0 Å². The molecule has 0 radical (unpaired) electrons. The lowest BCUT2D eigenvalue weighted by Crippen LogP contribution is -2.43. The zero-order chi connectivity index (χ0) is 16.2. The second-order valence-electron chi connectivity index (χ2n) is 3.89. The van der Waals surface area contributed by atoms with E-state index in [9.17, 15) is 27.6 Å². The average Bonchev–Trinajstić information content (AvgIpc) is 2.36. The Morgan fingerprint density at radius 2 is 1.76 bits per heavy atom. The molecule has 1 amide bonds. The van der Waals surface area contributed by atoms with Gasteiger partial charge in [-0.1, -0.05) is 0 Å². The van der Waals surface area contributed by atoms with Crippen molar-refractivity contribution in [3.05, 3.63) is 35.1 Å². The second kappa shape index (κ2) is 6.73. The number of carbonyl (C=O) groups excluding carboxylic acids is 2. The Labute approximate surface area is 116 Å². The van der Waals surface area contributed by atoms with E-state index in [2.05, 4.69) is 4.74 Å². The van der Waals surface area contributed by atoms with E-state index in [1.165, 1.54) is 0 Å². The van der Waals surface area contributed by atoms with E-state index in [1.54, 1.807) is 5.32 Å². The normalized spacial score (nSPS) is 11.6. The molecule has 1 aromatic rings. The molecular formula is C12H10F3NO5. The first-order valence-corrected chi connectivity index (χ1v) is 5.51. The number of nitrogens with one attached hydrogen (secondary N) is 1. The third-order valence-electron chi connectivity index (χ3n) is 2.44. The van der Waals surface area contributed by atoms with Crippen LogP contribution in [-0.2, 0) is 14.3 Å². The van der Waals surface area contributed by atoms with E-state index >= 15 is 0 Å². The monoisotopic (exact) mass is 305 g/mol. The van der Waals surface area contributed by atoms with Crippen LogP contribution in [0.3, 0.4) is 0 Å². The number of carboxylic acids is 1. The molecule has 0 spiro atoms. The summed E-state index contributed by atoms with van der Waals surface area (Å²) in [6, 6.07) is -1.20. The number of rotatable bonds is 5. The van der Waals surface area contributed by atoms with Gasteiger partial charge in [-0.3, -0.25) is 9.59 Å². The number of esters is 1. The van der Waals surface area contributed by atoms with Crippen molar-refractivity contribution >= 4 is 17.8 Å². The summed E-state index contributed by atoms with van der Waals surface area (Å²) in [6.45, 7) is 0. The van der Waals surface area contributed by atoms with Crippen LogP contribution in [0, 0.1) is 17.5 Å². The second-order valence-corrected chi connectivity index (χ2v) is 3.89. The summed E-state index contributed by atoms with van der Waals surface area (Å²) < 4.78 is 43.7. The molecule has 1 aromatic carbocycles. The van der Waals surface area contributed by atoms with Gasteiger partial charge in [-0.25, -0.2) is 18.0 Å². The molecule has 6 nitrogen and oxygen atoms in total. The van der Waals surface area contributed by atoms with E-state index in [4.69, 9.17) is 5.11 Å². The summed E-state index contributed by atoms with van der Waals surface area (Å²) in [4.78, 5) is 33.5. The molecule has 9 heteroatoms. The molecule has 1 rings (SSSR count). The van der Waals surface area contributed by atoms with Crippen molar-refractivity contribution in [1.82, 2.24) is 5.32 Å². The molecule has 0 unspecified atom stereocenters. The van der Waals surface area contributed by atoms with Gasteiger partial charge in [0.2, 0.25) is 0 Å². The molecule has 0 fully saturated rings. The van der Waals surface area contributed by atoms with Crippen molar-refractivity contribution in [1.29, 1.82) is 0 Å². The maximum absolute atomic E-state index is 13.4. The first-order chi connectivity index (χ1) is 9.76. The fourth-order valence-corrected chi connectivity index (χ4v) is 1.44. The molecule has 0 bridgehead atoms. The van der Waals surface area contributed by atoms with Crippen LogP contribution in [0.5, 0.6) is 0 Å². The lowest BCUT2D eigenvalue weighted by molar-refractivity contribution is -0.147. The predicted molar refractivity (Wildman–Crippen MR) is 61.8 cm³/mol. The fourth-order valence-electron chi connectivity index (χ4n) is 1.44. The van der Waals surface area contributed by atoms with Crippen LogP contribution >= 0.6 is 0 Å². The van der Waals surface area contributed by atoms with E-state index < -0.39 is 53.3 Å². The number of amides is 1. The third-order valence-corrected chi connectivity index (χ3v) is 2.44. The molecule has 1 atom stereocenters. The van der Waals surface area contributed by atoms with Crippen LogP contribution in [0.4, 0.5) is 13.2 Å². The van der Waals surface area contributed by atoms with Crippen molar-refractivity contribution in [3.63, 3.8) is 0 Å². The highest BCUT2D eigenvalue weighted by molar-refractivity contribution is 5.97. The van der Waals surface area contributed by atoms with Crippen LogP contribution in [0.15, 0.2) is 12.1 Å². The Kier molecular flexibility index (Phi) is 5.28. The summed E-state index contributed by atoms with van der Waals surface area (Å²) in [6.07, 6.45) is -0.734. The van der Waals surface area contributed by atoms with Gasteiger partial charge in [-0.05, 0) is 0 Å². The molecule has 0 aromatic heterocycles. The number of carbonyl (C=O) groups is 3. The Hall–Kier alpha value is -2.58. The molecule has 0 aliphatic heterocycles. The van der Waals surface area contributed by atoms with Gasteiger partial charge in [-0.2, -0.15) is 0 Å². The zero-order valence-corrected chi connectivity index (χ0v) is 10.7. The van der Waals surface area contributed by atoms with Crippen LogP contribution < -0.4 is 5.32 Å². The molecule has 114 valence electrons. The molecule has 0 saturated heterocycles. The first kappa shape index (κ1) is 16.5. The van der Waals surface area contributed by atoms with Crippen molar-refractivity contribution in [2.24, 2.45) is 0 Å². The van der Waals surface area contributed by atoms with Crippen LogP contribution in [0.1, 0.15) is 16.8 Å². The van der Waals surface area contributed by atoms with E-state index in [0.717, 1.165) is 7.11 Å².